The summed E-state index contributed by atoms with van der Waals surface area (Å²) in [4.78, 5) is 17.1. The smallest absolute Gasteiger partial charge is 0.251 e. The quantitative estimate of drug-likeness (QED) is 0.826. The number of benzene rings is 1. The van der Waals surface area contributed by atoms with Gasteiger partial charge in [-0.2, -0.15) is 4.98 Å². The molecule has 1 aliphatic heterocycles. The lowest BCUT2D eigenvalue weighted by Crippen LogP contribution is -2.39. The van der Waals surface area contributed by atoms with Crippen molar-refractivity contribution in [2.24, 2.45) is 5.92 Å². The third-order valence-corrected chi connectivity index (χ3v) is 7.10. The fraction of sp³-hybridized carbons (Fsp3) is 0.526. The summed E-state index contributed by atoms with van der Waals surface area (Å²) < 4.78 is 31.2. The summed E-state index contributed by atoms with van der Waals surface area (Å²) in [6, 6.07) is 7.38. The maximum Gasteiger partial charge on any atom is 0.251 e. The number of nitrogens with one attached hydrogen (secondary N) is 1. The van der Waals surface area contributed by atoms with E-state index in [9.17, 15) is 13.2 Å². The third kappa shape index (κ3) is 3.33. The van der Waals surface area contributed by atoms with Gasteiger partial charge in [-0.1, -0.05) is 22.9 Å². The zero-order chi connectivity index (χ0) is 20.1. The summed E-state index contributed by atoms with van der Waals surface area (Å²) in [5.41, 5.74) is 1.09. The normalized spacial score (nSPS) is 27.7. The first-order valence-corrected chi connectivity index (χ1v) is 11.2. The first-order chi connectivity index (χ1) is 13.2. The first-order valence-electron chi connectivity index (χ1n) is 9.31. The summed E-state index contributed by atoms with van der Waals surface area (Å²) >= 11 is 0. The molecule has 28 heavy (non-hydrogen) atoms. The van der Waals surface area contributed by atoms with Crippen LogP contribution in [0.25, 0.3) is 0 Å². The van der Waals surface area contributed by atoms with E-state index in [0.29, 0.717) is 43.2 Å². The molecule has 1 unspecified atom stereocenters. The molecule has 1 amide bonds. The van der Waals surface area contributed by atoms with Gasteiger partial charge in [-0.3, -0.25) is 4.79 Å². The number of nitrogens with zero attached hydrogens (tertiary/aromatic N) is 3. The van der Waals surface area contributed by atoms with Crippen LogP contribution >= 0.6 is 0 Å². The summed E-state index contributed by atoms with van der Waals surface area (Å²) in [6.07, 6.45) is 2.46. The van der Waals surface area contributed by atoms with Gasteiger partial charge in [0.05, 0.1) is 11.7 Å². The number of carbonyl (C=O) groups excluding carboxylic acids is 1. The third-order valence-electron chi connectivity index (χ3n) is 5.88. The van der Waals surface area contributed by atoms with Crippen LogP contribution in [0.4, 0.5) is 0 Å². The van der Waals surface area contributed by atoms with Crippen LogP contribution in [0.5, 0.6) is 0 Å². The first kappa shape index (κ1) is 19.1. The topological polar surface area (TPSA) is 105 Å². The van der Waals surface area contributed by atoms with Crippen LogP contribution in [0.2, 0.25) is 0 Å². The lowest BCUT2D eigenvalue weighted by atomic mass is 9.80. The van der Waals surface area contributed by atoms with E-state index < -0.39 is 15.4 Å². The molecule has 2 aromatic rings. The monoisotopic (exact) mass is 404 g/mol. The molecule has 1 N–H and O–H groups in total. The molecule has 1 saturated heterocycles. The van der Waals surface area contributed by atoms with Crippen LogP contribution < -0.4 is 5.32 Å². The number of carbonyl (C=O) groups is 1. The summed E-state index contributed by atoms with van der Waals surface area (Å²) in [5, 5.41) is 7.01. The highest BCUT2D eigenvalue weighted by Crippen LogP contribution is 2.50. The van der Waals surface area contributed by atoms with Crippen molar-refractivity contribution in [1.82, 2.24) is 19.8 Å². The minimum Gasteiger partial charge on any atom is -0.349 e. The van der Waals surface area contributed by atoms with Crippen LogP contribution in [0.1, 0.15) is 40.5 Å². The SMILES string of the molecule is Cc1cccc(C(=O)N[C@@H]2CC3CN(S(C)(=O)=O)C[C@@]3(c3nc(C)no3)C2)c1. The van der Waals surface area contributed by atoms with Gasteiger partial charge in [0.2, 0.25) is 15.9 Å². The highest BCUT2D eigenvalue weighted by molar-refractivity contribution is 7.88. The highest BCUT2D eigenvalue weighted by Gasteiger charge is 2.58. The predicted octanol–water partition coefficient (Wildman–Crippen LogP) is 1.41. The Kier molecular flexibility index (Phi) is 4.54. The van der Waals surface area contributed by atoms with Gasteiger partial charge in [-0.25, -0.2) is 12.7 Å². The summed E-state index contributed by atoms with van der Waals surface area (Å²) in [5.74, 6) is 0.886. The van der Waals surface area contributed by atoms with Gasteiger partial charge in [-0.15, -0.1) is 0 Å². The fourth-order valence-electron chi connectivity index (χ4n) is 4.57. The van der Waals surface area contributed by atoms with Gasteiger partial charge < -0.3 is 9.84 Å². The Morgan fingerprint density at radius 2 is 2.14 bits per heavy atom. The van der Waals surface area contributed by atoms with Crippen molar-refractivity contribution in [2.75, 3.05) is 19.3 Å². The second-order valence-electron chi connectivity index (χ2n) is 8.04. The Balaban J connectivity index is 1.58. The molecule has 2 aliphatic rings. The van der Waals surface area contributed by atoms with Crippen molar-refractivity contribution < 1.29 is 17.7 Å². The molecule has 0 radical (unpaired) electrons. The molecule has 9 heteroatoms. The molecule has 3 atom stereocenters. The van der Waals surface area contributed by atoms with Crippen molar-refractivity contribution in [3.05, 3.63) is 47.1 Å². The molecule has 1 saturated carbocycles. The Morgan fingerprint density at radius 1 is 1.36 bits per heavy atom. The van der Waals surface area contributed by atoms with Crippen molar-refractivity contribution in [3.8, 4) is 0 Å². The molecule has 0 spiro atoms. The number of fused-ring (bicyclic) bond motifs is 1. The molecule has 2 heterocycles. The fourth-order valence-corrected chi connectivity index (χ4v) is 5.49. The van der Waals surface area contributed by atoms with Gasteiger partial charge in [0, 0.05) is 24.7 Å². The lowest BCUT2D eigenvalue weighted by molar-refractivity contribution is 0.0934. The number of aryl methyl sites for hydroxylation is 2. The van der Waals surface area contributed by atoms with Crippen molar-refractivity contribution in [2.45, 2.75) is 38.1 Å². The van der Waals surface area contributed by atoms with E-state index in [2.05, 4.69) is 15.5 Å². The van der Waals surface area contributed by atoms with Gasteiger partial charge in [0.1, 0.15) is 0 Å². The average Bonchev–Trinajstić information content (AvgIpc) is 3.26. The van der Waals surface area contributed by atoms with Crippen molar-refractivity contribution >= 4 is 15.9 Å². The van der Waals surface area contributed by atoms with E-state index in [1.54, 1.807) is 13.0 Å². The van der Waals surface area contributed by atoms with E-state index in [1.807, 2.05) is 25.1 Å². The molecule has 1 aliphatic carbocycles. The second kappa shape index (κ2) is 6.66. The van der Waals surface area contributed by atoms with Gasteiger partial charge >= 0.3 is 0 Å². The lowest BCUT2D eigenvalue weighted by Gasteiger charge is -2.24. The Labute approximate surface area is 164 Å². The Hall–Kier alpha value is -2.26. The molecule has 8 nitrogen and oxygen atoms in total. The predicted molar refractivity (Wildman–Crippen MR) is 102 cm³/mol. The van der Waals surface area contributed by atoms with Crippen LogP contribution in [0.3, 0.4) is 0 Å². The second-order valence-corrected chi connectivity index (χ2v) is 10.0. The summed E-state index contributed by atoms with van der Waals surface area (Å²) in [7, 11) is -3.32. The minimum absolute atomic E-state index is 0.0184. The molecule has 150 valence electrons. The number of aromatic nitrogens is 2. The maximum absolute atomic E-state index is 12.7. The number of amides is 1. The van der Waals surface area contributed by atoms with Gasteiger partial charge in [0.25, 0.3) is 5.91 Å². The number of sulfonamides is 1. The van der Waals surface area contributed by atoms with Gasteiger partial charge in [-0.05, 0) is 44.7 Å². The van der Waals surface area contributed by atoms with Crippen LogP contribution in [-0.4, -0.2) is 54.2 Å². The Morgan fingerprint density at radius 3 is 2.79 bits per heavy atom. The molecule has 1 aromatic heterocycles. The molecular weight excluding hydrogens is 380 g/mol. The van der Waals surface area contributed by atoms with E-state index in [4.69, 9.17) is 4.52 Å². The molecular formula is C19H24N4O4S. The van der Waals surface area contributed by atoms with Crippen LogP contribution in [-0.2, 0) is 15.4 Å². The van der Waals surface area contributed by atoms with Crippen molar-refractivity contribution in [1.29, 1.82) is 0 Å². The molecule has 1 aromatic carbocycles. The average molecular weight is 404 g/mol. The zero-order valence-electron chi connectivity index (χ0n) is 16.2. The molecule has 0 bridgehead atoms. The standard InChI is InChI=1S/C19H24N4O4S/c1-12-5-4-6-14(7-12)17(24)21-16-8-15-10-23(28(3,25)26)11-19(15,9-16)18-20-13(2)22-27-18/h4-7,15-16H,8-11H2,1-3H3,(H,21,24)/t15?,16-,19+/m1/s1. The zero-order valence-corrected chi connectivity index (χ0v) is 17.0. The van der Waals surface area contributed by atoms with E-state index in [0.717, 1.165) is 5.56 Å². The Bertz CT molecular complexity index is 1020. The largest absolute Gasteiger partial charge is 0.349 e. The van der Waals surface area contributed by atoms with E-state index in [1.165, 1.54) is 10.6 Å². The minimum atomic E-state index is -3.32. The van der Waals surface area contributed by atoms with E-state index in [-0.39, 0.29) is 17.9 Å². The maximum atomic E-state index is 12.7. The van der Waals surface area contributed by atoms with Gasteiger partial charge in [0.15, 0.2) is 5.82 Å². The van der Waals surface area contributed by atoms with Crippen LogP contribution in [0.15, 0.2) is 28.8 Å². The highest BCUT2D eigenvalue weighted by atomic mass is 32.2. The number of rotatable bonds is 4. The number of hydrogen-bond donors (Lipinski definition) is 1. The summed E-state index contributed by atoms with van der Waals surface area (Å²) in [6.45, 7) is 4.39. The van der Waals surface area contributed by atoms with Crippen LogP contribution in [0, 0.1) is 19.8 Å². The number of hydrogen-bond acceptors (Lipinski definition) is 6. The van der Waals surface area contributed by atoms with Crippen molar-refractivity contribution in [3.63, 3.8) is 0 Å². The molecule has 4 rings (SSSR count). The van der Waals surface area contributed by atoms with E-state index >= 15 is 0 Å². The molecule has 2 fully saturated rings.